The van der Waals surface area contributed by atoms with E-state index in [-0.39, 0.29) is 5.69 Å². The third kappa shape index (κ3) is 2.90. The van der Waals surface area contributed by atoms with Gasteiger partial charge >= 0.3 is 6.43 Å². The van der Waals surface area contributed by atoms with E-state index in [1.165, 1.54) is 13.2 Å². The van der Waals surface area contributed by atoms with E-state index < -0.39 is 12.3 Å². The molecule has 1 rings (SSSR count). The molecule has 1 amide bonds. The Labute approximate surface area is 86.0 Å². The molecular weight excluding hydrogens is 204 g/mol. The first-order chi connectivity index (χ1) is 7.04. The number of hydrogen-bond acceptors (Lipinski definition) is 2. The lowest BCUT2D eigenvalue weighted by molar-refractivity contribution is -0.126. The summed E-state index contributed by atoms with van der Waals surface area (Å²) in [6.07, 6.45) is -3.03. The quantitative estimate of drug-likeness (QED) is 0.839. The van der Waals surface area contributed by atoms with Crippen LogP contribution in [0.5, 0.6) is 5.75 Å². The van der Waals surface area contributed by atoms with Crippen LogP contribution in [0.25, 0.3) is 0 Å². The number of alkyl halides is 2. The Morgan fingerprint density at radius 2 is 2.13 bits per heavy atom. The zero-order valence-electron chi connectivity index (χ0n) is 8.38. The molecule has 0 aliphatic rings. The molecule has 82 valence electrons. The van der Waals surface area contributed by atoms with Crippen LogP contribution >= 0.6 is 0 Å². The Hall–Kier alpha value is -1.65. The van der Waals surface area contributed by atoms with Crippen LogP contribution in [0.15, 0.2) is 18.2 Å². The second-order valence-corrected chi connectivity index (χ2v) is 2.99. The van der Waals surface area contributed by atoms with Crippen molar-refractivity contribution in [3.63, 3.8) is 0 Å². The number of hydrogen-bond donors (Lipinski definition) is 1. The zero-order valence-corrected chi connectivity index (χ0v) is 8.38. The van der Waals surface area contributed by atoms with Gasteiger partial charge in [-0.3, -0.25) is 4.79 Å². The molecule has 1 aromatic carbocycles. The van der Waals surface area contributed by atoms with E-state index in [1.54, 1.807) is 12.1 Å². The summed E-state index contributed by atoms with van der Waals surface area (Å²) in [4.78, 5) is 10.7. The molecule has 0 saturated heterocycles. The molecule has 0 fully saturated rings. The summed E-state index contributed by atoms with van der Waals surface area (Å²) < 4.78 is 28.9. The number of carbonyl (C=O) groups excluding carboxylic acids is 1. The van der Waals surface area contributed by atoms with Crippen LogP contribution in [0.1, 0.15) is 5.56 Å². The summed E-state index contributed by atoms with van der Waals surface area (Å²) in [6, 6.07) is 4.87. The Balaban J connectivity index is 2.89. The second kappa shape index (κ2) is 4.72. The van der Waals surface area contributed by atoms with Crippen molar-refractivity contribution < 1.29 is 18.3 Å². The first-order valence-electron chi connectivity index (χ1n) is 4.28. The summed E-state index contributed by atoms with van der Waals surface area (Å²) in [5, 5.41) is 2.07. The van der Waals surface area contributed by atoms with Gasteiger partial charge in [-0.25, -0.2) is 0 Å². The highest BCUT2D eigenvalue weighted by molar-refractivity contribution is 5.94. The van der Waals surface area contributed by atoms with Gasteiger partial charge in [0.05, 0.1) is 12.8 Å². The average molecular weight is 215 g/mol. The van der Waals surface area contributed by atoms with Gasteiger partial charge in [0.2, 0.25) is 0 Å². The average Bonchev–Trinajstić information content (AvgIpc) is 2.20. The number of halogens is 2. The first kappa shape index (κ1) is 11.4. The molecule has 0 aliphatic carbocycles. The number of rotatable bonds is 3. The van der Waals surface area contributed by atoms with Gasteiger partial charge in [0, 0.05) is 0 Å². The lowest BCUT2D eigenvalue weighted by Gasteiger charge is -2.10. The lowest BCUT2D eigenvalue weighted by atomic mass is 10.2. The van der Waals surface area contributed by atoms with E-state index in [0.717, 1.165) is 5.56 Å². The molecule has 0 radical (unpaired) electrons. The number of amides is 1. The summed E-state index contributed by atoms with van der Waals surface area (Å²) in [5.41, 5.74) is 1.16. The van der Waals surface area contributed by atoms with Crippen molar-refractivity contribution in [2.45, 2.75) is 13.3 Å². The molecule has 0 bridgehead atoms. The molecule has 0 spiro atoms. The Morgan fingerprint density at radius 3 is 2.67 bits per heavy atom. The van der Waals surface area contributed by atoms with E-state index >= 15 is 0 Å². The highest BCUT2D eigenvalue weighted by atomic mass is 19.3. The molecule has 0 atom stereocenters. The summed E-state index contributed by atoms with van der Waals surface area (Å²) in [7, 11) is 1.41. The van der Waals surface area contributed by atoms with Crippen LogP contribution in [0.4, 0.5) is 14.5 Å². The van der Waals surface area contributed by atoms with Crippen LogP contribution in [-0.2, 0) is 4.79 Å². The monoisotopic (exact) mass is 215 g/mol. The minimum absolute atomic E-state index is 0.244. The van der Waals surface area contributed by atoms with E-state index in [9.17, 15) is 13.6 Å². The molecule has 5 heteroatoms. The van der Waals surface area contributed by atoms with Gasteiger partial charge in [0.15, 0.2) is 0 Å². The van der Waals surface area contributed by atoms with Crippen LogP contribution in [0.2, 0.25) is 0 Å². The van der Waals surface area contributed by atoms with E-state index in [4.69, 9.17) is 4.74 Å². The molecule has 0 aliphatic heterocycles. The Bertz CT molecular complexity index is 366. The molecule has 0 aromatic heterocycles. The third-order valence-electron chi connectivity index (χ3n) is 1.81. The van der Waals surface area contributed by atoms with E-state index in [0.29, 0.717) is 5.75 Å². The highest BCUT2D eigenvalue weighted by Crippen LogP contribution is 2.25. The molecule has 1 N–H and O–H groups in total. The molecule has 0 saturated carbocycles. The number of aryl methyl sites for hydroxylation is 1. The Morgan fingerprint density at radius 1 is 1.47 bits per heavy atom. The lowest BCUT2D eigenvalue weighted by Crippen LogP contribution is -2.20. The van der Waals surface area contributed by atoms with Crippen LogP contribution in [-0.4, -0.2) is 19.4 Å². The molecule has 0 unspecified atom stereocenters. The predicted octanol–water partition coefficient (Wildman–Crippen LogP) is 2.21. The predicted molar refractivity (Wildman–Crippen MR) is 52.4 cm³/mol. The van der Waals surface area contributed by atoms with Crippen molar-refractivity contribution >= 4 is 11.6 Å². The van der Waals surface area contributed by atoms with Gasteiger partial charge in [-0.15, -0.1) is 0 Å². The minimum atomic E-state index is -3.03. The number of benzene rings is 1. The van der Waals surface area contributed by atoms with Crippen molar-refractivity contribution in [2.24, 2.45) is 0 Å². The van der Waals surface area contributed by atoms with Gasteiger partial charge in [-0.05, 0) is 24.6 Å². The number of ether oxygens (including phenoxy) is 1. The maximum atomic E-state index is 12.0. The molecule has 3 nitrogen and oxygen atoms in total. The first-order valence-corrected chi connectivity index (χ1v) is 4.28. The smallest absolute Gasteiger partial charge is 0.315 e. The fourth-order valence-electron chi connectivity index (χ4n) is 1.09. The van der Waals surface area contributed by atoms with Crippen molar-refractivity contribution in [3.8, 4) is 5.75 Å². The van der Waals surface area contributed by atoms with Gasteiger partial charge in [0.1, 0.15) is 5.75 Å². The van der Waals surface area contributed by atoms with Crippen molar-refractivity contribution in [1.82, 2.24) is 0 Å². The number of anilines is 1. The highest BCUT2D eigenvalue weighted by Gasteiger charge is 2.16. The van der Waals surface area contributed by atoms with Gasteiger partial charge in [-0.2, -0.15) is 8.78 Å². The molecule has 1 aromatic rings. The largest absolute Gasteiger partial charge is 0.495 e. The SMILES string of the molecule is COc1cc(C)ccc1NC(=O)C(F)F. The van der Waals surface area contributed by atoms with Crippen LogP contribution < -0.4 is 10.1 Å². The number of carbonyl (C=O) groups is 1. The van der Waals surface area contributed by atoms with Crippen molar-refractivity contribution in [1.29, 1.82) is 0 Å². The number of methoxy groups -OCH3 is 1. The topological polar surface area (TPSA) is 38.3 Å². The molecular formula is C10H11F2NO2. The van der Waals surface area contributed by atoms with Crippen molar-refractivity contribution in [2.75, 3.05) is 12.4 Å². The summed E-state index contributed by atoms with van der Waals surface area (Å²) in [6.45, 7) is 1.83. The third-order valence-corrected chi connectivity index (χ3v) is 1.81. The van der Waals surface area contributed by atoms with E-state index in [1.807, 2.05) is 6.92 Å². The van der Waals surface area contributed by atoms with Gasteiger partial charge < -0.3 is 10.1 Å². The molecule has 0 heterocycles. The standard InChI is InChI=1S/C10H11F2NO2/c1-6-3-4-7(8(5-6)15-2)13-10(14)9(11)12/h3-5,9H,1-2H3,(H,13,14). The Kier molecular flexibility index (Phi) is 3.60. The zero-order chi connectivity index (χ0) is 11.4. The van der Waals surface area contributed by atoms with E-state index in [2.05, 4.69) is 5.32 Å². The fraction of sp³-hybridized carbons (Fsp3) is 0.300. The van der Waals surface area contributed by atoms with Crippen LogP contribution in [0.3, 0.4) is 0 Å². The van der Waals surface area contributed by atoms with Gasteiger partial charge in [-0.1, -0.05) is 6.07 Å². The fourth-order valence-corrected chi connectivity index (χ4v) is 1.09. The maximum Gasteiger partial charge on any atom is 0.315 e. The summed E-state index contributed by atoms with van der Waals surface area (Å²) in [5.74, 6) is -0.971. The summed E-state index contributed by atoms with van der Waals surface area (Å²) >= 11 is 0. The second-order valence-electron chi connectivity index (χ2n) is 2.99. The van der Waals surface area contributed by atoms with Crippen LogP contribution in [0, 0.1) is 6.92 Å². The minimum Gasteiger partial charge on any atom is -0.495 e. The maximum absolute atomic E-state index is 12.0. The normalized spacial score (nSPS) is 10.2. The van der Waals surface area contributed by atoms with Crippen molar-refractivity contribution in [3.05, 3.63) is 23.8 Å². The number of nitrogens with one attached hydrogen (secondary N) is 1. The molecule has 15 heavy (non-hydrogen) atoms. The van der Waals surface area contributed by atoms with Gasteiger partial charge in [0.25, 0.3) is 5.91 Å².